The van der Waals surface area contributed by atoms with E-state index in [9.17, 15) is 0 Å². The van der Waals surface area contributed by atoms with E-state index in [1.807, 2.05) is 12.3 Å². The molecule has 2 fully saturated rings. The van der Waals surface area contributed by atoms with Crippen molar-refractivity contribution in [3.63, 3.8) is 0 Å². The first-order valence-corrected chi connectivity index (χ1v) is 11.8. The van der Waals surface area contributed by atoms with Crippen molar-refractivity contribution in [3.05, 3.63) is 48.3 Å². The molecule has 3 heterocycles. The molecule has 7 heteroatoms. The second-order valence-electron chi connectivity index (χ2n) is 8.75. The standard InChI is InChI=1S/C25H31N5O2/c1-2-19-7-8-27-24(29-19)15-18-3-5-21(6-4-18)32-23-17-20(30-11-13-31-14-12-30)16-22-25(23)28-10-9-26-22/h7-10,16-18,21H,2-6,11-15H2,1H3. The summed E-state index contributed by atoms with van der Waals surface area (Å²) in [5.74, 6) is 2.45. The predicted octanol–water partition coefficient (Wildman–Crippen LogP) is 4.00. The van der Waals surface area contributed by atoms with Crippen LogP contribution >= 0.6 is 0 Å². The van der Waals surface area contributed by atoms with Gasteiger partial charge in [-0.05, 0) is 50.2 Å². The Morgan fingerprint density at radius 2 is 1.81 bits per heavy atom. The molecule has 32 heavy (non-hydrogen) atoms. The van der Waals surface area contributed by atoms with Crippen LogP contribution in [0.25, 0.3) is 11.0 Å². The van der Waals surface area contributed by atoms with Gasteiger partial charge in [0, 0.05) is 55.5 Å². The zero-order valence-electron chi connectivity index (χ0n) is 18.7. The lowest BCUT2D eigenvalue weighted by atomic mass is 9.85. The lowest BCUT2D eigenvalue weighted by Crippen LogP contribution is -2.36. The van der Waals surface area contributed by atoms with Crippen molar-refractivity contribution < 1.29 is 9.47 Å². The highest BCUT2D eigenvalue weighted by Crippen LogP contribution is 2.34. The van der Waals surface area contributed by atoms with E-state index in [-0.39, 0.29) is 6.10 Å². The number of hydrogen-bond donors (Lipinski definition) is 0. The molecule has 168 valence electrons. The van der Waals surface area contributed by atoms with Gasteiger partial charge in [0.05, 0.1) is 24.8 Å². The third-order valence-corrected chi connectivity index (χ3v) is 6.58. The zero-order valence-corrected chi connectivity index (χ0v) is 18.7. The topological polar surface area (TPSA) is 73.3 Å². The van der Waals surface area contributed by atoms with Crippen LogP contribution in [-0.4, -0.2) is 52.3 Å². The predicted molar refractivity (Wildman–Crippen MR) is 124 cm³/mol. The van der Waals surface area contributed by atoms with Crippen molar-refractivity contribution in [2.75, 3.05) is 31.2 Å². The SMILES string of the molecule is CCc1ccnc(CC2CCC(Oc3cc(N4CCOCC4)cc4nccnc34)CC2)n1. The highest BCUT2D eigenvalue weighted by atomic mass is 16.5. The number of fused-ring (bicyclic) bond motifs is 1. The normalized spacial score (nSPS) is 21.6. The van der Waals surface area contributed by atoms with Gasteiger partial charge in [-0.25, -0.2) is 15.0 Å². The Kier molecular flexibility index (Phi) is 6.44. The minimum Gasteiger partial charge on any atom is -0.488 e. The fourth-order valence-electron chi connectivity index (χ4n) is 4.75. The molecule has 1 saturated heterocycles. The van der Waals surface area contributed by atoms with E-state index in [1.165, 1.54) is 0 Å². The van der Waals surface area contributed by atoms with E-state index >= 15 is 0 Å². The van der Waals surface area contributed by atoms with Crippen LogP contribution in [0.15, 0.2) is 36.8 Å². The second kappa shape index (κ2) is 9.77. The van der Waals surface area contributed by atoms with Crippen molar-refractivity contribution in [1.29, 1.82) is 0 Å². The number of aromatic nitrogens is 4. The number of ether oxygens (including phenoxy) is 2. The van der Waals surface area contributed by atoms with Crippen molar-refractivity contribution in [2.24, 2.45) is 5.92 Å². The molecule has 5 rings (SSSR count). The molecule has 0 bridgehead atoms. The quantitative estimate of drug-likeness (QED) is 0.582. The van der Waals surface area contributed by atoms with Crippen LogP contribution < -0.4 is 9.64 Å². The molecule has 0 unspecified atom stereocenters. The number of aryl methyl sites for hydroxylation is 1. The van der Waals surface area contributed by atoms with Gasteiger partial charge in [0.15, 0.2) is 0 Å². The maximum absolute atomic E-state index is 6.54. The molecule has 1 aromatic carbocycles. The average molecular weight is 434 g/mol. The van der Waals surface area contributed by atoms with E-state index in [1.54, 1.807) is 12.4 Å². The van der Waals surface area contributed by atoms with E-state index in [0.717, 1.165) is 98.8 Å². The fraction of sp³-hybridized carbons (Fsp3) is 0.520. The first-order valence-electron chi connectivity index (χ1n) is 11.8. The Labute approximate surface area is 189 Å². The fourth-order valence-corrected chi connectivity index (χ4v) is 4.75. The smallest absolute Gasteiger partial charge is 0.149 e. The Morgan fingerprint density at radius 1 is 1.00 bits per heavy atom. The summed E-state index contributed by atoms with van der Waals surface area (Å²) in [7, 11) is 0. The summed E-state index contributed by atoms with van der Waals surface area (Å²) in [6.45, 7) is 5.42. The van der Waals surface area contributed by atoms with Crippen molar-refractivity contribution in [1.82, 2.24) is 19.9 Å². The number of hydrogen-bond acceptors (Lipinski definition) is 7. The minimum absolute atomic E-state index is 0.208. The summed E-state index contributed by atoms with van der Waals surface area (Å²) < 4.78 is 12.1. The molecule has 0 radical (unpaired) electrons. The van der Waals surface area contributed by atoms with Gasteiger partial charge >= 0.3 is 0 Å². The van der Waals surface area contributed by atoms with Crippen LogP contribution in [-0.2, 0) is 17.6 Å². The average Bonchev–Trinajstić information content (AvgIpc) is 2.86. The summed E-state index contributed by atoms with van der Waals surface area (Å²) >= 11 is 0. The third kappa shape index (κ3) is 4.83. The van der Waals surface area contributed by atoms with Crippen LogP contribution in [0.3, 0.4) is 0 Å². The van der Waals surface area contributed by atoms with Gasteiger partial charge in [-0.15, -0.1) is 0 Å². The Morgan fingerprint density at radius 3 is 2.62 bits per heavy atom. The van der Waals surface area contributed by atoms with E-state index in [2.05, 4.69) is 43.9 Å². The highest BCUT2D eigenvalue weighted by Gasteiger charge is 2.25. The summed E-state index contributed by atoms with van der Waals surface area (Å²) in [6.07, 6.45) is 11.9. The molecule has 1 saturated carbocycles. The Balaban J connectivity index is 1.26. The number of anilines is 1. The first kappa shape index (κ1) is 21.1. The van der Waals surface area contributed by atoms with E-state index < -0.39 is 0 Å². The van der Waals surface area contributed by atoms with Gasteiger partial charge in [0.2, 0.25) is 0 Å². The maximum atomic E-state index is 6.54. The summed E-state index contributed by atoms with van der Waals surface area (Å²) in [6, 6.07) is 6.26. The maximum Gasteiger partial charge on any atom is 0.149 e. The molecule has 1 aliphatic heterocycles. The van der Waals surface area contributed by atoms with Crippen LogP contribution in [0.1, 0.15) is 44.1 Å². The number of morpholine rings is 1. The molecule has 0 spiro atoms. The largest absolute Gasteiger partial charge is 0.488 e. The monoisotopic (exact) mass is 433 g/mol. The molecule has 0 atom stereocenters. The lowest BCUT2D eigenvalue weighted by molar-refractivity contribution is 0.122. The summed E-state index contributed by atoms with van der Waals surface area (Å²) in [5.41, 5.74) is 3.99. The van der Waals surface area contributed by atoms with Gasteiger partial charge < -0.3 is 14.4 Å². The molecule has 0 amide bonds. The van der Waals surface area contributed by atoms with Crippen LogP contribution in [0.2, 0.25) is 0 Å². The molecule has 7 nitrogen and oxygen atoms in total. The van der Waals surface area contributed by atoms with Gasteiger partial charge in [0.25, 0.3) is 0 Å². The Bertz CT molecular complexity index is 1050. The van der Waals surface area contributed by atoms with Crippen LogP contribution in [0, 0.1) is 5.92 Å². The lowest BCUT2D eigenvalue weighted by Gasteiger charge is -2.31. The zero-order chi connectivity index (χ0) is 21.8. The number of rotatable bonds is 6. The first-order chi connectivity index (χ1) is 15.8. The molecular formula is C25H31N5O2. The van der Waals surface area contributed by atoms with Crippen molar-refractivity contribution in [3.8, 4) is 5.75 Å². The van der Waals surface area contributed by atoms with Gasteiger partial charge in [0.1, 0.15) is 17.1 Å². The molecule has 0 N–H and O–H groups in total. The van der Waals surface area contributed by atoms with E-state index in [4.69, 9.17) is 9.47 Å². The third-order valence-electron chi connectivity index (χ3n) is 6.58. The van der Waals surface area contributed by atoms with Gasteiger partial charge in [-0.1, -0.05) is 6.92 Å². The van der Waals surface area contributed by atoms with Crippen LogP contribution in [0.5, 0.6) is 5.75 Å². The highest BCUT2D eigenvalue weighted by molar-refractivity contribution is 5.85. The van der Waals surface area contributed by atoms with Gasteiger partial charge in [-0.3, -0.25) is 4.98 Å². The molecule has 1 aliphatic carbocycles. The van der Waals surface area contributed by atoms with Gasteiger partial charge in [-0.2, -0.15) is 0 Å². The molecular weight excluding hydrogens is 402 g/mol. The summed E-state index contributed by atoms with van der Waals surface area (Å²) in [5, 5.41) is 0. The van der Waals surface area contributed by atoms with Crippen molar-refractivity contribution >= 4 is 16.7 Å². The van der Waals surface area contributed by atoms with E-state index in [0.29, 0.717) is 5.92 Å². The summed E-state index contributed by atoms with van der Waals surface area (Å²) in [4.78, 5) is 20.6. The second-order valence-corrected chi connectivity index (χ2v) is 8.75. The Hall–Kier alpha value is -2.80. The molecule has 3 aromatic rings. The minimum atomic E-state index is 0.208. The van der Waals surface area contributed by atoms with Crippen LogP contribution in [0.4, 0.5) is 5.69 Å². The number of nitrogens with zero attached hydrogens (tertiary/aromatic N) is 5. The molecule has 2 aliphatic rings. The van der Waals surface area contributed by atoms with Crippen molar-refractivity contribution in [2.45, 2.75) is 51.6 Å². The number of benzene rings is 1. The molecule has 2 aromatic heterocycles.